The molecule has 0 radical (unpaired) electrons. The quantitative estimate of drug-likeness (QED) is 0.689. The van der Waals surface area contributed by atoms with Crippen LogP contribution in [0.4, 0.5) is 4.79 Å². The maximum Gasteiger partial charge on any atom is 0.407 e. The van der Waals surface area contributed by atoms with Gasteiger partial charge in [-0.05, 0) is 33.1 Å². The number of ether oxygens (including phenoxy) is 2. The van der Waals surface area contributed by atoms with E-state index in [9.17, 15) is 14.4 Å². The van der Waals surface area contributed by atoms with Gasteiger partial charge in [-0.3, -0.25) is 9.59 Å². The number of hydrogen-bond acceptors (Lipinski definition) is 5. The number of methoxy groups -OCH3 is 1. The molecule has 0 fully saturated rings. The second-order valence-electron chi connectivity index (χ2n) is 5.46. The molecule has 1 atom stereocenters. The van der Waals surface area contributed by atoms with Crippen molar-refractivity contribution < 1.29 is 29.0 Å². The van der Waals surface area contributed by atoms with Crippen molar-refractivity contribution in [2.24, 2.45) is 5.92 Å². The zero-order valence-electron chi connectivity index (χ0n) is 12.4. The number of aliphatic carboxylic acids is 1. The maximum absolute atomic E-state index is 11.4. The molecule has 0 heterocycles. The lowest BCUT2D eigenvalue weighted by atomic mass is 9.97. The number of carboxylic acid groups (broad SMARTS) is 1. The summed E-state index contributed by atoms with van der Waals surface area (Å²) in [6.07, 6.45) is -0.338. The molecule has 0 aromatic rings. The summed E-state index contributed by atoms with van der Waals surface area (Å²) in [5.41, 5.74) is -0.587. The fourth-order valence-electron chi connectivity index (χ4n) is 1.53. The second-order valence-corrected chi connectivity index (χ2v) is 5.46. The number of carbonyl (C=O) groups excluding carboxylic acids is 2. The second kappa shape index (κ2) is 8.39. The van der Waals surface area contributed by atoms with Gasteiger partial charge in [0.05, 0.1) is 7.11 Å². The van der Waals surface area contributed by atoms with Crippen molar-refractivity contribution >= 4 is 18.0 Å². The smallest absolute Gasteiger partial charge is 0.407 e. The summed E-state index contributed by atoms with van der Waals surface area (Å²) < 4.78 is 9.56. The topological polar surface area (TPSA) is 102 Å². The summed E-state index contributed by atoms with van der Waals surface area (Å²) in [4.78, 5) is 33.3. The van der Waals surface area contributed by atoms with Crippen LogP contribution in [0.15, 0.2) is 0 Å². The zero-order chi connectivity index (χ0) is 15.8. The summed E-state index contributed by atoms with van der Waals surface area (Å²) in [7, 11) is 1.25. The van der Waals surface area contributed by atoms with E-state index in [0.29, 0.717) is 6.42 Å². The Morgan fingerprint density at radius 2 is 1.80 bits per heavy atom. The summed E-state index contributed by atoms with van der Waals surface area (Å²) in [5.74, 6) is -1.83. The Morgan fingerprint density at radius 3 is 2.25 bits per heavy atom. The summed E-state index contributed by atoms with van der Waals surface area (Å²) in [6, 6.07) is 0. The molecular weight excluding hydrogens is 266 g/mol. The number of amides is 1. The van der Waals surface area contributed by atoms with E-state index in [4.69, 9.17) is 9.84 Å². The van der Waals surface area contributed by atoms with Crippen molar-refractivity contribution in [3.63, 3.8) is 0 Å². The number of hydrogen-bond donors (Lipinski definition) is 2. The van der Waals surface area contributed by atoms with Gasteiger partial charge in [0.1, 0.15) is 5.60 Å². The van der Waals surface area contributed by atoms with Crippen LogP contribution in [0.1, 0.15) is 40.0 Å². The Kier molecular flexibility index (Phi) is 7.64. The number of rotatable bonds is 7. The van der Waals surface area contributed by atoms with Gasteiger partial charge in [-0.25, -0.2) is 4.79 Å². The van der Waals surface area contributed by atoms with Crippen molar-refractivity contribution in [1.82, 2.24) is 5.32 Å². The molecule has 0 aromatic heterocycles. The van der Waals surface area contributed by atoms with Crippen molar-refractivity contribution in [2.75, 3.05) is 13.7 Å². The number of alkyl carbamates (subject to hydrolysis) is 1. The van der Waals surface area contributed by atoms with E-state index < -0.39 is 23.6 Å². The van der Waals surface area contributed by atoms with Crippen LogP contribution in [0.2, 0.25) is 0 Å². The molecule has 0 spiro atoms. The van der Waals surface area contributed by atoms with Gasteiger partial charge < -0.3 is 19.9 Å². The number of carboxylic acids is 1. The van der Waals surface area contributed by atoms with Crippen LogP contribution in [0, 0.1) is 5.92 Å². The van der Waals surface area contributed by atoms with Gasteiger partial charge in [-0.15, -0.1) is 0 Å². The van der Waals surface area contributed by atoms with Gasteiger partial charge in [-0.1, -0.05) is 0 Å². The van der Waals surface area contributed by atoms with Crippen LogP contribution in [0.5, 0.6) is 0 Å². The Balaban J connectivity index is 4.16. The van der Waals surface area contributed by atoms with Gasteiger partial charge in [-0.2, -0.15) is 0 Å². The van der Waals surface area contributed by atoms with Gasteiger partial charge in [0.25, 0.3) is 0 Å². The zero-order valence-corrected chi connectivity index (χ0v) is 12.4. The average Bonchev–Trinajstić information content (AvgIpc) is 2.25. The minimum Gasteiger partial charge on any atom is -0.481 e. The number of carbonyl (C=O) groups is 3. The standard InChI is InChI=1S/C13H23NO6/c1-13(2,3)20-12(18)14-6-5-9(7-10(15)16)8-11(17)19-4/h9H,5-8H2,1-4H3,(H,14,18)(H,15,16). The predicted molar refractivity (Wildman–Crippen MR) is 71.2 cm³/mol. The first kappa shape index (κ1) is 18.2. The van der Waals surface area contributed by atoms with Crippen LogP contribution in [-0.4, -0.2) is 42.4 Å². The molecule has 0 rings (SSSR count). The van der Waals surface area contributed by atoms with E-state index in [-0.39, 0.29) is 25.3 Å². The minimum atomic E-state index is -0.990. The normalized spacial score (nSPS) is 12.4. The monoisotopic (exact) mass is 289 g/mol. The highest BCUT2D eigenvalue weighted by molar-refractivity contribution is 5.72. The summed E-state index contributed by atoms with van der Waals surface area (Å²) in [5, 5.41) is 11.3. The molecule has 0 aromatic carbocycles. The van der Waals surface area contributed by atoms with Crippen LogP contribution in [-0.2, 0) is 19.1 Å². The number of nitrogens with one attached hydrogen (secondary N) is 1. The highest BCUT2D eigenvalue weighted by Gasteiger charge is 2.19. The minimum absolute atomic E-state index is 0.0127. The average molecular weight is 289 g/mol. The van der Waals surface area contributed by atoms with Gasteiger partial charge >= 0.3 is 18.0 Å². The molecule has 1 amide bonds. The van der Waals surface area contributed by atoms with Gasteiger partial charge in [0.15, 0.2) is 0 Å². The van der Waals surface area contributed by atoms with E-state index >= 15 is 0 Å². The van der Waals surface area contributed by atoms with E-state index in [1.54, 1.807) is 20.8 Å². The Bertz CT molecular complexity index is 347. The molecule has 2 N–H and O–H groups in total. The fraction of sp³-hybridized carbons (Fsp3) is 0.769. The molecule has 116 valence electrons. The third kappa shape index (κ3) is 10.2. The summed E-state index contributed by atoms with van der Waals surface area (Å²) in [6.45, 7) is 5.48. The molecular formula is C13H23NO6. The highest BCUT2D eigenvalue weighted by atomic mass is 16.6. The lowest BCUT2D eigenvalue weighted by Crippen LogP contribution is -2.33. The van der Waals surface area contributed by atoms with Crippen LogP contribution in [0.25, 0.3) is 0 Å². The van der Waals surface area contributed by atoms with E-state index in [0.717, 1.165) is 0 Å². The first-order valence-electron chi connectivity index (χ1n) is 6.39. The Labute approximate surface area is 118 Å². The maximum atomic E-state index is 11.4. The molecule has 0 aliphatic carbocycles. The SMILES string of the molecule is COC(=O)CC(CCNC(=O)OC(C)(C)C)CC(=O)O. The molecule has 0 aliphatic rings. The molecule has 7 nitrogen and oxygen atoms in total. The number of esters is 1. The third-order valence-corrected chi connectivity index (χ3v) is 2.37. The van der Waals surface area contributed by atoms with Crippen LogP contribution in [0.3, 0.4) is 0 Å². The third-order valence-electron chi connectivity index (χ3n) is 2.37. The van der Waals surface area contributed by atoms with Crippen molar-refractivity contribution in [3.05, 3.63) is 0 Å². The van der Waals surface area contributed by atoms with Crippen molar-refractivity contribution in [2.45, 2.75) is 45.6 Å². The van der Waals surface area contributed by atoms with Crippen LogP contribution >= 0.6 is 0 Å². The fourth-order valence-corrected chi connectivity index (χ4v) is 1.53. The van der Waals surface area contributed by atoms with E-state index in [2.05, 4.69) is 10.1 Å². The predicted octanol–water partition coefficient (Wildman–Crippen LogP) is 1.56. The van der Waals surface area contributed by atoms with Crippen molar-refractivity contribution in [3.8, 4) is 0 Å². The molecule has 0 saturated carbocycles. The van der Waals surface area contributed by atoms with E-state index in [1.165, 1.54) is 7.11 Å². The largest absolute Gasteiger partial charge is 0.481 e. The lowest BCUT2D eigenvalue weighted by Gasteiger charge is -2.20. The molecule has 20 heavy (non-hydrogen) atoms. The Morgan fingerprint density at radius 1 is 1.20 bits per heavy atom. The van der Waals surface area contributed by atoms with Gasteiger partial charge in [0.2, 0.25) is 0 Å². The summed E-state index contributed by atoms with van der Waals surface area (Å²) >= 11 is 0. The Hall–Kier alpha value is -1.79. The van der Waals surface area contributed by atoms with Crippen molar-refractivity contribution in [1.29, 1.82) is 0 Å². The van der Waals surface area contributed by atoms with Gasteiger partial charge in [0, 0.05) is 19.4 Å². The lowest BCUT2D eigenvalue weighted by molar-refractivity contribution is -0.143. The molecule has 1 unspecified atom stereocenters. The molecule has 0 saturated heterocycles. The highest BCUT2D eigenvalue weighted by Crippen LogP contribution is 2.14. The molecule has 7 heteroatoms. The van der Waals surface area contributed by atoms with E-state index in [1.807, 2.05) is 0 Å². The van der Waals surface area contributed by atoms with Crippen LogP contribution < -0.4 is 5.32 Å². The first-order valence-corrected chi connectivity index (χ1v) is 6.39. The first-order chi connectivity index (χ1) is 9.14. The molecule has 0 bridgehead atoms. The molecule has 0 aliphatic heterocycles.